The topological polar surface area (TPSA) is 101 Å². The fraction of sp³-hybridized carbons (Fsp3) is 0.467. The summed E-state index contributed by atoms with van der Waals surface area (Å²) in [6, 6.07) is 4.87. The van der Waals surface area contributed by atoms with Gasteiger partial charge in [-0.3, -0.25) is 9.59 Å². The third kappa shape index (κ3) is 3.47. The van der Waals surface area contributed by atoms with Crippen LogP contribution in [-0.4, -0.2) is 27.7 Å². The Morgan fingerprint density at radius 2 is 1.83 bits per heavy atom. The van der Waals surface area contributed by atoms with E-state index in [4.69, 9.17) is 10.8 Å². The van der Waals surface area contributed by atoms with Gasteiger partial charge in [-0.05, 0) is 30.9 Å². The minimum absolute atomic E-state index is 0.0522. The Morgan fingerprint density at radius 3 is 2.30 bits per heavy atom. The fourth-order valence-electron chi connectivity index (χ4n) is 2.84. The van der Waals surface area contributed by atoms with Gasteiger partial charge in [-0.1, -0.05) is 18.2 Å². The van der Waals surface area contributed by atoms with Crippen molar-refractivity contribution in [2.24, 2.45) is 17.6 Å². The minimum Gasteiger partial charge on any atom is -0.481 e. The molecule has 0 heterocycles. The molecule has 1 aromatic rings. The van der Waals surface area contributed by atoms with Crippen molar-refractivity contribution in [1.82, 2.24) is 0 Å². The Kier molecular flexibility index (Phi) is 4.39. The van der Waals surface area contributed by atoms with E-state index in [2.05, 4.69) is 0 Å². The van der Waals surface area contributed by atoms with Gasteiger partial charge in [0.05, 0.1) is 11.5 Å². The van der Waals surface area contributed by atoms with E-state index in [1.165, 1.54) is 18.2 Å². The number of hydrogen-bond donors (Lipinski definition) is 3. The molecule has 0 spiro atoms. The lowest BCUT2D eigenvalue weighted by Gasteiger charge is -2.25. The molecule has 1 fully saturated rings. The summed E-state index contributed by atoms with van der Waals surface area (Å²) in [6.45, 7) is 0. The number of carboxylic acid groups (broad SMARTS) is 2. The zero-order chi connectivity index (χ0) is 17.4. The highest BCUT2D eigenvalue weighted by Gasteiger charge is 2.58. The molecule has 0 aromatic heterocycles. The lowest BCUT2D eigenvalue weighted by atomic mass is 9.85. The van der Waals surface area contributed by atoms with Gasteiger partial charge >= 0.3 is 18.1 Å². The smallest absolute Gasteiger partial charge is 0.416 e. The first-order valence-corrected chi connectivity index (χ1v) is 6.97. The maximum Gasteiger partial charge on any atom is 0.416 e. The van der Waals surface area contributed by atoms with Gasteiger partial charge in [-0.25, -0.2) is 0 Å². The van der Waals surface area contributed by atoms with Crippen LogP contribution in [0.15, 0.2) is 24.3 Å². The van der Waals surface area contributed by atoms with Crippen molar-refractivity contribution in [2.75, 3.05) is 0 Å². The number of aryl methyl sites for hydroxylation is 1. The molecular formula is C15H16F3NO4. The van der Waals surface area contributed by atoms with Crippen LogP contribution >= 0.6 is 0 Å². The Labute approximate surface area is 129 Å². The van der Waals surface area contributed by atoms with Gasteiger partial charge in [-0.15, -0.1) is 0 Å². The summed E-state index contributed by atoms with van der Waals surface area (Å²) in [5.41, 5.74) is 3.10. The van der Waals surface area contributed by atoms with Crippen molar-refractivity contribution < 1.29 is 33.0 Å². The number of carboxylic acids is 2. The molecule has 3 atom stereocenters. The molecule has 0 amide bonds. The number of carbonyl (C=O) groups is 2. The highest BCUT2D eigenvalue weighted by molar-refractivity contribution is 5.83. The molecule has 0 saturated heterocycles. The van der Waals surface area contributed by atoms with Crippen LogP contribution in [0.3, 0.4) is 0 Å². The van der Waals surface area contributed by atoms with Crippen molar-refractivity contribution >= 4 is 11.9 Å². The molecule has 0 radical (unpaired) electrons. The first-order chi connectivity index (χ1) is 10.6. The summed E-state index contributed by atoms with van der Waals surface area (Å²) < 4.78 is 38.8. The average molecular weight is 331 g/mol. The van der Waals surface area contributed by atoms with Gasteiger partial charge in [0, 0.05) is 5.92 Å². The Balaban J connectivity index is 2.18. The summed E-state index contributed by atoms with van der Waals surface area (Å²) in [5.74, 6) is -4.15. The van der Waals surface area contributed by atoms with Crippen molar-refractivity contribution in [3.8, 4) is 0 Å². The Hall–Kier alpha value is -2.09. The lowest BCUT2D eigenvalue weighted by molar-refractivity contribution is -0.145. The van der Waals surface area contributed by atoms with Gasteiger partial charge < -0.3 is 15.9 Å². The number of halogens is 3. The summed E-state index contributed by atoms with van der Waals surface area (Å²) in [5, 5.41) is 18.2. The van der Waals surface area contributed by atoms with Gasteiger partial charge in [-0.2, -0.15) is 13.2 Å². The number of alkyl halides is 3. The maximum absolute atomic E-state index is 12.9. The van der Waals surface area contributed by atoms with E-state index in [9.17, 15) is 27.9 Å². The molecule has 5 nitrogen and oxygen atoms in total. The predicted octanol–water partition coefficient (Wildman–Crippen LogP) is 2.14. The molecular weight excluding hydrogens is 315 g/mol. The number of hydrogen-bond acceptors (Lipinski definition) is 3. The molecule has 1 aliphatic rings. The van der Waals surface area contributed by atoms with Crippen LogP contribution in [0, 0.1) is 11.8 Å². The van der Waals surface area contributed by atoms with E-state index in [0.29, 0.717) is 0 Å². The van der Waals surface area contributed by atoms with Crippen molar-refractivity contribution in [3.05, 3.63) is 35.4 Å². The van der Waals surface area contributed by atoms with E-state index >= 15 is 0 Å². The van der Waals surface area contributed by atoms with Gasteiger partial charge in [0.25, 0.3) is 0 Å². The first kappa shape index (κ1) is 17.3. The number of aliphatic carboxylic acids is 2. The molecule has 1 saturated carbocycles. The molecule has 2 rings (SSSR count). The first-order valence-electron chi connectivity index (χ1n) is 6.97. The highest BCUT2D eigenvalue weighted by atomic mass is 19.4. The quantitative estimate of drug-likeness (QED) is 0.741. The van der Waals surface area contributed by atoms with Gasteiger partial charge in [0.1, 0.15) is 5.54 Å². The monoisotopic (exact) mass is 331 g/mol. The predicted molar refractivity (Wildman–Crippen MR) is 73.6 cm³/mol. The molecule has 0 aliphatic heterocycles. The molecule has 1 unspecified atom stereocenters. The molecule has 1 aliphatic carbocycles. The van der Waals surface area contributed by atoms with Crippen molar-refractivity contribution in [2.45, 2.75) is 31.0 Å². The SMILES string of the molecule is N[C@@](CCc1ccccc1C(F)(F)F)(C(=O)O)C1C[C@@H]1C(=O)O. The van der Waals surface area contributed by atoms with Crippen LogP contribution in [0.2, 0.25) is 0 Å². The summed E-state index contributed by atoms with van der Waals surface area (Å²) >= 11 is 0. The Morgan fingerprint density at radius 1 is 1.22 bits per heavy atom. The average Bonchev–Trinajstić information content (AvgIpc) is 3.25. The zero-order valence-corrected chi connectivity index (χ0v) is 12.0. The van der Waals surface area contributed by atoms with Crippen LogP contribution in [0.5, 0.6) is 0 Å². The fourth-order valence-corrected chi connectivity index (χ4v) is 2.84. The zero-order valence-electron chi connectivity index (χ0n) is 12.0. The summed E-state index contributed by atoms with van der Waals surface area (Å²) in [7, 11) is 0. The third-order valence-electron chi connectivity index (χ3n) is 4.30. The van der Waals surface area contributed by atoms with Crippen molar-refractivity contribution in [3.63, 3.8) is 0 Å². The van der Waals surface area contributed by atoms with Crippen LogP contribution in [-0.2, 0) is 22.2 Å². The van der Waals surface area contributed by atoms with Crippen molar-refractivity contribution in [1.29, 1.82) is 0 Å². The highest BCUT2D eigenvalue weighted by Crippen LogP contribution is 2.47. The normalized spacial score (nSPS) is 23.1. The second-order valence-corrected chi connectivity index (χ2v) is 5.79. The molecule has 0 bridgehead atoms. The van der Waals surface area contributed by atoms with Gasteiger partial charge in [0.15, 0.2) is 0 Å². The van der Waals surface area contributed by atoms with E-state index < -0.39 is 41.1 Å². The maximum atomic E-state index is 12.9. The second kappa shape index (κ2) is 5.84. The second-order valence-electron chi connectivity index (χ2n) is 5.79. The molecule has 8 heteroatoms. The third-order valence-corrected chi connectivity index (χ3v) is 4.30. The standard InChI is InChI=1S/C15H16F3NO4/c16-15(17,18)10-4-2-1-3-8(10)5-6-14(19,13(22)23)11-7-9(11)12(20)21/h1-4,9,11H,5-7,19H2,(H,20,21)(H,22,23)/t9-,11?,14+/m0/s1. The van der Waals surface area contributed by atoms with Crippen LogP contribution < -0.4 is 5.73 Å². The van der Waals surface area contributed by atoms with E-state index in [-0.39, 0.29) is 24.8 Å². The van der Waals surface area contributed by atoms with E-state index in [1.807, 2.05) is 0 Å². The summed E-state index contributed by atoms with van der Waals surface area (Å²) in [4.78, 5) is 22.3. The number of rotatable bonds is 6. The number of benzene rings is 1. The molecule has 126 valence electrons. The summed E-state index contributed by atoms with van der Waals surface area (Å²) in [6.07, 6.45) is -4.87. The molecule has 1 aromatic carbocycles. The van der Waals surface area contributed by atoms with Crippen LogP contribution in [0.1, 0.15) is 24.0 Å². The molecule has 4 N–H and O–H groups in total. The van der Waals surface area contributed by atoms with Gasteiger partial charge in [0.2, 0.25) is 0 Å². The Bertz CT molecular complexity index is 631. The lowest BCUT2D eigenvalue weighted by Crippen LogP contribution is -2.51. The van der Waals surface area contributed by atoms with E-state index in [0.717, 1.165) is 6.07 Å². The number of nitrogens with two attached hydrogens (primary N) is 1. The van der Waals surface area contributed by atoms with E-state index in [1.54, 1.807) is 0 Å². The van der Waals surface area contributed by atoms with Crippen LogP contribution in [0.25, 0.3) is 0 Å². The minimum atomic E-state index is -4.54. The van der Waals surface area contributed by atoms with Crippen LogP contribution in [0.4, 0.5) is 13.2 Å². The largest absolute Gasteiger partial charge is 0.481 e. The molecule has 23 heavy (non-hydrogen) atoms.